The Hall–Kier alpha value is -0.640. The van der Waals surface area contributed by atoms with Gasteiger partial charge in [-0.2, -0.15) is 0 Å². The van der Waals surface area contributed by atoms with Crippen LogP contribution in [0.1, 0.15) is 30.6 Å². The monoisotopic (exact) mass is 263 g/mol. The molecule has 2 aromatic rings. The molecule has 3 rings (SSSR count). The summed E-state index contributed by atoms with van der Waals surface area (Å²) in [4.78, 5) is 2.84. The molecule has 1 aliphatic rings. The lowest BCUT2D eigenvalue weighted by molar-refractivity contribution is 0.527. The number of hydrogen-bond acceptors (Lipinski definition) is 3. The molecule has 1 N–H and O–H groups in total. The largest absolute Gasteiger partial charge is 0.309 e. The fraction of sp³-hybridized carbons (Fsp3) is 0.429. The van der Waals surface area contributed by atoms with Crippen LogP contribution in [0.4, 0.5) is 0 Å². The molecule has 0 bridgehead atoms. The second kappa shape index (κ2) is 5.34. The highest BCUT2D eigenvalue weighted by atomic mass is 32.1. The van der Waals surface area contributed by atoms with E-state index in [1.165, 1.54) is 41.0 Å². The molecule has 1 aliphatic carbocycles. The highest BCUT2D eigenvalue weighted by Gasteiger charge is 2.14. The molecule has 1 saturated carbocycles. The smallest absolute Gasteiger partial charge is 0.0351 e. The van der Waals surface area contributed by atoms with E-state index in [1.807, 2.05) is 22.7 Å². The first-order chi connectivity index (χ1) is 8.42. The minimum absolute atomic E-state index is 0.766. The second-order valence-corrected chi connectivity index (χ2v) is 6.58. The van der Waals surface area contributed by atoms with Gasteiger partial charge in [0.25, 0.3) is 0 Å². The second-order valence-electron chi connectivity index (χ2n) is 4.64. The van der Waals surface area contributed by atoms with Gasteiger partial charge in [-0.25, -0.2) is 0 Å². The van der Waals surface area contributed by atoms with E-state index in [0.717, 1.165) is 12.6 Å². The van der Waals surface area contributed by atoms with Crippen LogP contribution in [0.2, 0.25) is 0 Å². The van der Waals surface area contributed by atoms with Crippen LogP contribution < -0.4 is 5.32 Å². The van der Waals surface area contributed by atoms with Gasteiger partial charge in [-0.15, -0.1) is 22.7 Å². The topological polar surface area (TPSA) is 12.0 Å². The summed E-state index contributed by atoms with van der Waals surface area (Å²) >= 11 is 3.69. The van der Waals surface area contributed by atoms with Crippen LogP contribution in [-0.4, -0.2) is 6.04 Å². The van der Waals surface area contributed by atoms with E-state index in [2.05, 4.69) is 34.3 Å². The van der Waals surface area contributed by atoms with E-state index in [1.54, 1.807) is 0 Å². The number of nitrogens with one attached hydrogen (secondary N) is 1. The van der Waals surface area contributed by atoms with E-state index in [0.29, 0.717) is 0 Å². The van der Waals surface area contributed by atoms with Crippen molar-refractivity contribution in [1.29, 1.82) is 0 Å². The van der Waals surface area contributed by atoms with Gasteiger partial charge >= 0.3 is 0 Å². The molecule has 0 saturated heterocycles. The first kappa shape index (κ1) is 11.5. The van der Waals surface area contributed by atoms with Gasteiger partial charge in [-0.3, -0.25) is 0 Å². The first-order valence-corrected chi connectivity index (χ1v) is 8.02. The van der Waals surface area contributed by atoms with Crippen molar-refractivity contribution in [3.05, 3.63) is 33.8 Å². The summed E-state index contributed by atoms with van der Waals surface area (Å²) in [5, 5.41) is 8.09. The average molecular weight is 263 g/mol. The van der Waals surface area contributed by atoms with Gasteiger partial charge in [0.15, 0.2) is 0 Å². The number of thiophene rings is 2. The zero-order chi connectivity index (χ0) is 11.5. The summed E-state index contributed by atoms with van der Waals surface area (Å²) in [7, 11) is 0. The molecular formula is C14H17NS2. The van der Waals surface area contributed by atoms with Crippen molar-refractivity contribution in [1.82, 2.24) is 5.32 Å². The van der Waals surface area contributed by atoms with Crippen LogP contribution >= 0.6 is 22.7 Å². The maximum Gasteiger partial charge on any atom is 0.0351 e. The molecule has 0 spiro atoms. The lowest BCUT2D eigenvalue weighted by Crippen LogP contribution is -2.24. The van der Waals surface area contributed by atoms with Gasteiger partial charge in [-0.1, -0.05) is 18.9 Å². The fourth-order valence-electron chi connectivity index (χ4n) is 2.42. The van der Waals surface area contributed by atoms with Crippen molar-refractivity contribution < 1.29 is 0 Å². The molecular weight excluding hydrogens is 246 g/mol. The van der Waals surface area contributed by atoms with Crippen molar-refractivity contribution in [2.75, 3.05) is 0 Å². The molecule has 1 nitrogen and oxygen atoms in total. The molecule has 0 aliphatic heterocycles. The standard InChI is InChI=1S/C14H17NS2/c1-2-5-12(4-1)15-9-13-8-11(10-17-13)14-6-3-7-16-14/h3,6-8,10,12,15H,1-2,4-5,9H2. The molecule has 1 fully saturated rings. The fourth-order valence-corrected chi connectivity index (χ4v) is 4.04. The zero-order valence-electron chi connectivity index (χ0n) is 9.82. The predicted molar refractivity (Wildman–Crippen MR) is 76.7 cm³/mol. The van der Waals surface area contributed by atoms with Crippen molar-refractivity contribution in [2.24, 2.45) is 0 Å². The summed E-state index contributed by atoms with van der Waals surface area (Å²) in [6.45, 7) is 1.04. The molecule has 3 heteroatoms. The summed E-state index contributed by atoms with van der Waals surface area (Å²) in [5.41, 5.74) is 1.38. The zero-order valence-corrected chi connectivity index (χ0v) is 11.4. The van der Waals surface area contributed by atoms with Gasteiger partial charge in [0, 0.05) is 27.9 Å². The van der Waals surface area contributed by atoms with E-state index in [4.69, 9.17) is 0 Å². The summed E-state index contributed by atoms with van der Waals surface area (Å²) in [5.74, 6) is 0. The Morgan fingerprint density at radius 3 is 2.88 bits per heavy atom. The Bertz CT molecular complexity index is 452. The summed E-state index contributed by atoms with van der Waals surface area (Å²) in [6, 6.07) is 7.41. The Morgan fingerprint density at radius 1 is 1.24 bits per heavy atom. The quantitative estimate of drug-likeness (QED) is 0.856. The van der Waals surface area contributed by atoms with Crippen LogP contribution in [-0.2, 0) is 6.54 Å². The Balaban J connectivity index is 1.60. The highest BCUT2D eigenvalue weighted by molar-refractivity contribution is 7.14. The van der Waals surface area contributed by atoms with Crippen molar-refractivity contribution in [3.8, 4) is 10.4 Å². The number of rotatable bonds is 4. The summed E-state index contributed by atoms with van der Waals surface area (Å²) < 4.78 is 0. The van der Waals surface area contributed by atoms with Crippen LogP contribution in [0.25, 0.3) is 10.4 Å². The molecule has 17 heavy (non-hydrogen) atoms. The molecule has 0 aromatic carbocycles. The van der Waals surface area contributed by atoms with Gasteiger partial charge in [-0.05, 0) is 35.7 Å². The Morgan fingerprint density at radius 2 is 2.12 bits per heavy atom. The van der Waals surface area contributed by atoms with Crippen molar-refractivity contribution >= 4 is 22.7 Å². The maximum atomic E-state index is 3.67. The van der Waals surface area contributed by atoms with E-state index in [9.17, 15) is 0 Å². The minimum atomic E-state index is 0.766. The predicted octanol–water partition coefficient (Wildman–Crippen LogP) is 4.51. The van der Waals surface area contributed by atoms with E-state index < -0.39 is 0 Å². The van der Waals surface area contributed by atoms with Gasteiger partial charge in [0.1, 0.15) is 0 Å². The van der Waals surface area contributed by atoms with Crippen molar-refractivity contribution in [3.63, 3.8) is 0 Å². The van der Waals surface area contributed by atoms with Crippen LogP contribution in [0.5, 0.6) is 0 Å². The lowest BCUT2D eigenvalue weighted by Gasteiger charge is -2.09. The van der Waals surface area contributed by atoms with E-state index >= 15 is 0 Å². The third-order valence-electron chi connectivity index (χ3n) is 3.38. The van der Waals surface area contributed by atoms with E-state index in [-0.39, 0.29) is 0 Å². The highest BCUT2D eigenvalue weighted by Crippen LogP contribution is 2.29. The molecule has 90 valence electrons. The lowest BCUT2D eigenvalue weighted by atomic mass is 10.2. The number of hydrogen-bond donors (Lipinski definition) is 1. The molecule has 0 unspecified atom stereocenters. The van der Waals surface area contributed by atoms with Gasteiger partial charge in [0.05, 0.1) is 0 Å². The Kier molecular flexibility index (Phi) is 3.60. The minimum Gasteiger partial charge on any atom is -0.309 e. The van der Waals surface area contributed by atoms with Crippen LogP contribution in [0, 0.1) is 0 Å². The van der Waals surface area contributed by atoms with Crippen molar-refractivity contribution in [2.45, 2.75) is 38.3 Å². The third-order valence-corrected chi connectivity index (χ3v) is 5.24. The van der Waals surface area contributed by atoms with Gasteiger partial charge < -0.3 is 5.32 Å². The molecule has 2 aromatic heterocycles. The third kappa shape index (κ3) is 2.79. The molecule has 0 atom stereocenters. The normalized spacial score (nSPS) is 16.7. The van der Waals surface area contributed by atoms with Gasteiger partial charge in [0.2, 0.25) is 0 Å². The molecule has 0 radical (unpaired) electrons. The first-order valence-electron chi connectivity index (χ1n) is 6.26. The molecule has 0 amide bonds. The summed E-state index contributed by atoms with van der Waals surface area (Å²) in [6.07, 6.45) is 5.54. The average Bonchev–Trinajstić information content (AvgIpc) is 3.09. The van der Waals surface area contributed by atoms with Crippen LogP contribution in [0.3, 0.4) is 0 Å². The maximum absolute atomic E-state index is 3.67. The van der Waals surface area contributed by atoms with Crippen LogP contribution in [0.15, 0.2) is 29.0 Å². The Labute approximate surface area is 111 Å². The SMILES string of the molecule is c1csc(-c2csc(CNC3CCCC3)c2)c1. The molecule has 2 heterocycles.